The highest BCUT2D eigenvalue weighted by molar-refractivity contribution is 5.64. The van der Waals surface area contributed by atoms with Crippen LogP contribution < -0.4 is 5.73 Å². The molecule has 0 radical (unpaired) electrons. The second kappa shape index (κ2) is 7.65. The number of nitrogens with two attached hydrogens (primary N) is 1. The molecule has 0 fully saturated rings. The average molecular weight is 239 g/mol. The van der Waals surface area contributed by atoms with Crippen molar-refractivity contribution in [2.75, 3.05) is 20.3 Å². The summed E-state index contributed by atoms with van der Waals surface area (Å²) in [5.41, 5.74) is 5.94. The molecular formula is C12H17NO4. The number of carbonyl (C=O) groups is 1. The van der Waals surface area contributed by atoms with Crippen molar-refractivity contribution in [3.8, 4) is 0 Å². The number of rotatable bonds is 7. The third-order valence-corrected chi connectivity index (χ3v) is 2.16. The molecule has 1 rings (SSSR count). The molecule has 17 heavy (non-hydrogen) atoms. The molecule has 1 unspecified atom stereocenters. The highest BCUT2D eigenvalue weighted by Crippen LogP contribution is 2.02. The van der Waals surface area contributed by atoms with Gasteiger partial charge in [0.1, 0.15) is 12.7 Å². The predicted octanol–water partition coefficient (Wildman–Crippen LogP) is 1.31. The van der Waals surface area contributed by atoms with Gasteiger partial charge in [0.25, 0.3) is 0 Å². The minimum absolute atomic E-state index is 0.0978. The summed E-state index contributed by atoms with van der Waals surface area (Å²) in [5.74, 6) is 0. The van der Waals surface area contributed by atoms with E-state index in [1.807, 2.05) is 30.3 Å². The van der Waals surface area contributed by atoms with Crippen LogP contribution in [0.5, 0.6) is 0 Å². The van der Waals surface area contributed by atoms with E-state index < -0.39 is 6.09 Å². The van der Waals surface area contributed by atoms with Gasteiger partial charge in [-0.05, 0) is 5.56 Å². The number of amides is 1. The van der Waals surface area contributed by atoms with Crippen LogP contribution in [0, 0.1) is 0 Å². The zero-order valence-corrected chi connectivity index (χ0v) is 9.80. The Hall–Kier alpha value is -1.59. The first-order valence-corrected chi connectivity index (χ1v) is 5.29. The molecule has 0 saturated carbocycles. The van der Waals surface area contributed by atoms with E-state index in [0.29, 0.717) is 13.2 Å². The quantitative estimate of drug-likeness (QED) is 0.778. The van der Waals surface area contributed by atoms with Gasteiger partial charge >= 0.3 is 6.09 Å². The SMILES string of the molecule is COC(COCc1ccccc1)COC(N)=O. The minimum Gasteiger partial charge on any atom is -0.447 e. The Morgan fingerprint density at radius 2 is 2.00 bits per heavy atom. The molecule has 2 N–H and O–H groups in total. The van der Waals surface area contributed by atoms with E-state index in [-0.39, 0.29) is 12.7 Å². The van der Waals surface area contributed by atoms with Gasteiger partial charge in [-0.3, -0.25) is 0 Å². The largest absolute Gasteiger partial charge is 0.447 e. The molecule has 94 valence electrons. The van der Waals surface area contributed by atoms with Crippen LogP contribution in [-0.2, 0) is 20.8 Å². The van der Waals surface area contributed by atoms with E-state index in [1.54, 1.807) is 0 Å². The van der Waals surface area contributed by atoms with E-state index in [0.717, 1.165) is 5.56 Å². The van der Waals surface area contributed by atoms with Crippen molar-refractivity contribution in [1.82, 2.24) is 0 Å². The Balaban J connectivity index is 2.21. The van der Waals surface area contributed by atoms with Crippen LogP contribution in [0.4, 0.5) is 4.79 Å². The predicted molar refractivity (Wildman–Crippen MR) is 62.4 cm³/mol. The lowest BCUT2D eigenvalue weighted by Crippen LogP contribution is -2.27. The molecule has 1 aromatic carbocycles. The Kier molecular flexibility index (Phi) is 6.06. The number of benzene rings is 1. The van der Waals surface area contributed by atoms with E-state index in [2.05, 4.69) is 4.74 Å². The molecule has 1 atom stereocenters. The van der Waals surface area contributed by atoms with Gasteiger partial charge in [-0.2, -0.15) is 0 Å². The molecule has 0 heterocycles. The summed E-state index contributed by atoms with van der Waals surface area (Å²) in [4.78, 5) is 10.4. The molecule has 0 bridgehead atoms. The number of ether oxygens (including phenoxy) is 3. The summed E-state index contributed by atoms with van der Waals surface area (Å²) < 4.78 is 15.2. The summed E-state index contributed by atoms with van der Waals surface area (Å²) in [6.07, 6.45) is -1.11. The lowest BCUT2D eigenvalue weighted by atomic mass is 10.2. The standard InChI is InChI=1S/C12H17NO4/c1-15-11(9-17-12(13)14)8-16-7-10-5-3-2-4-6-10/h2-6,11H,7-9H2,1H3,(H2,13,14). The normalized spacial score (nSPS) is 12.1. The van der Waals surface area contributed by atoms with Crippen molar-refractivity contribution < 1.29 is 19.0 Å². The van der Waals surface area contributed by atoms with Gasteiger partial charge in [0.15, 0.2) is 0 Å². The summed E-state index contributed by atoms with van der Waals surface area (Å²) >= 11 is 0. The van der Waals surface area contributed by atoms with Crippen LogP contribution in [0.1, 0.15) is 5.56 Å². The molecule has 5 heteroatoms. The third-order valence-electron chi connectivity index (χ3n) is 2.16. The number of methoxy groups -OCH3 is 1. The van der Waals surface area contributed by atoms with E-state index in [4.69, 9.17) is 15.2 Å². The first kappa shape index (κ1) is 13.5. The summed E-state index contributed by atoms with van der Waals surface area (Å²) in [6.45, 7) is 0.941. The van der Waals surface area contributed by atoms with Crippen molar-refractivity contribution in [2.24, 2.45) is 5.73 Å². The topological polar surface area (TPSA) is 70.8 Å². The maximum Gasteiger partial charge on any atom is 0.404 e. The molecule has 1 aromatic rings. The fourth-order valence-corrected chi connectivity index (χ4v) is 1.24. The van der Waals surface area contributed by atoms with Gasteiger partial charge in [-0.1, -0.05) is 30.3 Å². The average Bonchev–Trinajstić information content (AvgIpc) is 2.34. The molecule has 0 aliphatic rings. The van der Waals surface area contributed by atoms with Crippen molar-refractivity contribution in [3.05, 3.63) is 35.9 Å². The van der Waals surface area contributed by atoms with Crippen molar-refractivity contribution >= 4 is 6.09 Å². The lowest BCUT2D eigenvalue weighted by molar-refractivity contribution is -0.0277. The van der Waals surface area contributed by atoms with Crippen molar-refractivity contribution in [1.29, 1.82) is 0 Å². The fraction of sp³-hybridized carbons (Fsp3) is 0.417. The zero-order valence-electron chi connectivity index (χ0n) is 9.80. The van der Waals surface area contributed by atoms with Crippen LogP contribution in [-0.4, -0.2) is 32.5 Å². The van der Waals surface area contributed by atoms with E-state index in [1.165, 1.54) is 7.11 Å². The van der Waals surface area contributed by atoms with Crippen molar-refractivity contribution in [3.63, 3.8) is 0 Å². The maximum atomic E-state index is 10.4. The maximum absolute atomic E-state index is 10.4. The Morgan fingerprint density at radius 3 is 2.59 bits per heavy atom. The summed E-state index contributed by atoms with van der Waals surface area (Å²) in [6, 6.07) is 9.79. The summed E-state index contributed by atoms with van der Waals surface area (Å²) in [5, 5.41) is 0. The Morgan fingerprint density at radius 1 is 1.29 bits per heavy atom. The second-order valence-corrected chi connectivity index (χ2v) is 3.49. The zero-order chi connectivity index (χ0) is 12.5. The van der Waals surface area contributed by atoms with Crippen molar-refractivity contribution in [2.45, 2.75) is 12.7 Å². The van der Waals surface area contributed by atoms with E-state index >= 15 is 0 Å². The van der Waals surface area contributed by atoms with Crippen LogP contribution in [0.25, 0.3) is 0 Å². The monoisotopic (exact) mass is 239 g/mol. The molecule has 1 amide bonds. The summed E-state index contributed by atoms with van der Waals surface area (Å²) in [7, 11) is 1.53. The molecule has 0 aliphatic heterocycles. The smallest absolute Gasteiger partial charge is 0.404 e. The third kappa shape index (κ3) is 5.89. The highest BCUT2D eigenvalue weighted by Gasteiger charge is 2.09. The second-order valence-electron chi connectivity index (χ2n) is 3.49. The van der Waals surface area contributed by atoms with Gasteiger partial charge in [0.2, 0.25) is 0 Å². The van der Waals surface area contributed by atoms with Gasteiger partial charge in [-0.15, -0.1) is 0 Å². The van der Waals surface area contributed by atoms with Crippen LogP contribution >= 0.6 is 0 Å². The van der Waals surface area contributed by atoms with Gasteiger partial charge in [0, 0.05) is 7.11 Å². The van der Waals surface area contributed by atoms with Gasteiger partial charge in [0.05, 0.1) is 13.2 Å². The van der Waals surface area contributed by atoms with Gasteiger partial charge in [-0.25, -0.2) is 4.79 Å². The number of hydrogen-bond acceptors (Lipinski definition) is 4. The molecular weight excluding hydrogens is 222 g/mol. The Labute approximate surface area is 100 Å². The molecule has 0 spiro atoms. The minimum atomic E-state index is -0.810. The molecule has 0 aliphatic carbocycles. The number of hydrogen-bond donors (Lipinski definition) is 1. The van der Waals surface area contributed by atoms with Crippen LogP contribution in [0.15, 0.2) is 30.3 Å². The molecule has 0 saturated heterocycles. The van der Waals surface area contributed by atoms with Crippen LogP contribution in [0.3, 0.4) is 0 Å². The first-order valence-electron chi connectivity index (χ1n) is 5.29. The highest BCUT2D eigenvalue weighted by atomic mass is 16.6. The molecule has 0 aromatic heterocycles. The first-order chi connectivity index (χ1) is 8.22. The molecule has 5 nitrogen and oxygen atoms in total. The Bertz CT molecular complexity index is 329. The van der Waals surface area contributed by atoms with Gasteiger partial charge < -0.3 is 19.9 Å². The number of primary amides is 1. The number of carbonyl (C=O) groups excluding carboxylic acids is 1. The van der Waals surface area contributed by atoms with Crippen LogP contribution in [0.2, 0.25) is 0 Å². The van der Waals surface area contributed by atoms with E-state index in [9.17, 15) is 4.79 Å². The lowest BCUT2D eigenvalue weighted by Gasteiger charge is -2.14. The fourth-order valence-electron chi connectivity index (χ4n) is 1.24.